The highest BCUT2D eigenvalue weighted by atomic mass is 32.2. The van der Waals surface area contributed by atoms with Gasteiger partial charge in [0.1, 0.15) is 5.75 Å². The van der Waals surface area contributed by atoms with E-state index >= 15 is 0 Å². The Bertz CT molecular complexity index is 1180. The molecule has 0 unspecified atom stereocenters. The first-order chi connectivity index (χ1) is 13.7. The summed E-state index contributed by atoms with van der Waals surface area (Å²) in [5, 5.41) is 25.9. The Hall–Kier alpha value is -3.17. The summed E-state index contributed by atoms with van der Waals surface area (Å²) in [7, 11) is -1.89. The average molecular weight is 411 g/mol. The van der Waals surface area contributed by atoms with Crippen molar-refractivity contribution in [2.45, 2.75) is 24.3 Å². The van der Waals surface area contributed by atoms with Crippen molar-refractivity contribution in [2.24, 2.45) is 17.3 Å². The minimum Gasteiger partial charge on any atom is -0.508 e. The topological polar surface area (TPSA) is 114 Å². The maximum atomic E-state index is 11.6. The van der Waals surface area contributed by atoms with Gasteiger partial charge < -0.3 is 5.11 Å². The number of rotatable bonds is 4. The molecule has 1 aliphatic rings. The maximum Gasteiger partial charge on any atom is 0.238 e. The first-order valence-electron chi connectivity index (χ1n) is 9.01. The number of phenols is 1. The molecule has 2 aromatic carbocycles. The van der Waals surface area contributed by atoms with E-state index in [9.17, 15) is 13.5 Å². The number of nitrogens with two attached hydrogens (primary N) is 1. The van der Waals surface area contributed by atoms with E-state index in [0.717, 1.165) is 28.2 Å². The highest BCUT2D eigenvalue weighted by Gasteiger charge is 2.32. The van der Waals surface area contributed by atoms with E-state index < -0.39 is 10.0 Å². The highest BCUT2D eigenvalue weighted by molar-refractivity contribution is 7.89. The number of aromatic hydroxyl groups is 1. The van der Waals surface area contributed by atoms with E-state index in [0.29, 0.717) is 6.42 Å². The summed E-state index contributed by atoms with van der Waals surface area (Å²) in [5.74, 6) is 0.197. The van der Waals surface area contributed by atoms with Gasteiger partial charge in [0.05, 0.1) is 28.0 Å². The van der Waals surface area contributed by atoms with Gasteiger partial charge in [-0.05, 0) is 61.0 Å². The summed E-state index contributed by atoms with van der Waals surface area (Å²) in [5.41, 5.74) is 4.48. The van der Waals surface area contributed by atoms with Crippen LogP contribution in [-0.4, -0.2) is 29.0 Å². The number of hydrogen-bond donors (Lipinski definition) is 2. The van der Waals surface area contributed by atoms with Crippen LogP contribution >= 0.6 is 0 Å². The number of phenolic OH excluding ortho intramolecular Hbond substituents is 1. The van der Waals surface area contributed by atoms with Gasteiger partial charge >= 0.3 is 0 Å². The number of hydrazone groups is 1. The van der Waals surface area contributed by atoms with Crippen molar-refractivity contribution in [2.75, 3.05) is 5.01 Å². The third-order valence-electron chi connectivity index (χ3n) is 4.95. The number of aryl methyl sites for hydroxylation is 2. The molecular formula is C20H21N5O3S. The van der Waals surface area contributed by atoms with Gasteiger partial charge in [-0.3, -0.25) is 9.69 Å². The van der Waals surface area contributed by atoms with Crippen molar-refractivity contribution in [1.82, 2.24) is 9.78 Å². The van der Waals surface area contributed by atoms with Crippen LogP contribution in [0, 0.1) is 6.92 Å². The smallest absolute Gasteiger partial charge is 0.238 e. The first-order valence-corrected chi connectivity index (χ1v) is 10.6. The second-order valence-electron chi connectivity index (χ2n) is 7.04. The Kier molecular flexibility index (Phi) is 4.64. The van der Waals surface area contributed by atoms with Crippen LogP contribution < -0.4 is 10.1 Å². The van der Waals surface area contributed by atoms with Crippen molar-refractivity contribution >= 4 is 21.4 Å². The van der Waals surface area contributed by atoms with Crippen LogP contribution in [0.15, 0.2) is 64.7 Å². The fourth-order valence-electron chi connectivity index (χ4n) is 3.55. The molecule has 3 aromatic rings. The van der Waals surface area contributed by atoms with E-state index in [1.807, 2.05) is 37.3 Å². The Morgan fingerprint density at radius 3 is 2.31 bits per heavy atom. The number of hydrogen-bond acceptors (Lipinski definition) is 6. The molecule has 1 atom stereocenters. The van der Waals surface area contributed by atoms with E-state index in [-0.39, 0.29) is 16.7 Å². The van der Waals surface area contributed by atoms with Crippen molar-refractivity contribution in [3.63, 3.8) is 0 Å². The standard InChI is InChI=1S/C20H21N5O3S/c1-13-18(12-24(2)22-13)20-11-19(14-3-7-16(26)8-4-14)23-25(20)15-5-9-17(10-6-15)29(21,27)28/h3-10,12,20,26H,11H2,1-2H3,(H2,21,27,28)/t20-/m0/s1. The quantitative estimate of drug-likeness (QED) is 0.684. The molecule has 0 spiro atoms. The predicted molar refractivity (Wildman–Crippen MR) is 110 cm³/mol. The Morgan fingerprint density at radius 2 is 1.76 bits per heavy atom. The molecule has 0 saturated carbocycles. The second-order valence-corrected chi connectivity index (χ2v) is 8.60. The summed E-state index contributed by atoms with van der Waals surface area (Å²) in [6, 6.07) is 13.2. The molecule has 1 aromatic heterocycles. The fraction of sp³-hybridized carbons (Fsp3) is 0.200. The average Bonchev–Trinajstić information content (AvgIpc) is 3.24. The molecule has 29 heavy (non-hydrogen) atoms. The molecule has 0 saturated heterocycles. The van der Waals surface area contributed by atoms with Crippen LogP contribution in [0.1, 0.15) is 29.3 Å². The molecule has 4 rings (SSSR count). The van der Waals surface area contributed by atoms with E-state index in [1.54, 1.807) is 28.9 Å². The lowest BCUT2D eigenvalue weighted by molar-refractivity contribution is 0.475. The normalized spacial score (nSPS) is 16.9. The van der Waals surface area contributed by atoms with Gasteiger partial charge in [0, 0.05) is 25.2 Å². The second kappa shape index (κ2) is 7.02. The third-order valence-corrected chi connectivity index (χ3v) is 5.88. The SMILES string of the molecule is Cc1nn(C)cc1[C@@H]1CC(c2ccc(O)cc2)=NN1c1ccc(S(N)(=O)=O)cc1. The number of nitrogens with zero attached hydrogens (tertiary/aromatic N) is 4. The van der Waals surface area contributed by atoms with E-state index in [1.165, 1.54) is 12.1 Å². The summed E-state index contributed by atoms with van der Waals surface area (Å²) in [4.78, 5) is 0.0530. The summed E-state index contributed by atoms with van der Waals surface area (Å²) in [6.45, 7) is 1.95. The lowest BCUT2D eigenvalue weighted by Crippen LogP contribution is -2.19. The molecular weight excluding hydrogens is 390 g/mol. The molecule has 150 valence electrons. The molecule has 0 amide bonds. The molecule has 0 radical (unpaired) electrons. The van der Waals surface area contributed by atoms with E-state index in [4.69, 9.17) is 10.2 Å². The largest absolute Gasteiger partial charge is 0.508 e. The summed E-state index contributed by atoms with van der Waals surface area (Å²) in [6.07, 6.45) is 2.62. The van der Waals surface area contributed by atoms with Gasteiger partial charge in [0.2, 0.25) is 10.0 Å². The molecule has 9 heteroatoms. The first kappa shape index (κ1) is 19.2. The number of primary sulfonamides is 1. The van der Waals surface area contributed by atoms with Crippen LogP contribution in [0.2, 0.25) is 0 Å². The van der Waals surface area contributed by atoms with Gasteiger partial charge in [0.15, 0.2) is 0 Å². The molecule has 0 bridgehead atoms. The number of benzene rings is 2. The van der Waals surface area contributed by atoms with Crippen molar-refractivity contribution in [3.05, 3.63) is 71.5 Å². The lowest BCUT2D eigenvalue weighted by atomic mass is 9.98. The number of anilines is 1. The number of sulfonamides is 1. The molecule has 1 aliphatic heterocycles. The lowest BCUT2D eigenvalue weighted by Gasteiger charge is -2.23. The van der Waals surface area contributed by atoms with Crippen molar-refractivity contribution < 1.29 is 13.5 Å². The predicted octanol–water partition coefficient (Wildman–Crippen LogP) is 2.44. The Labute approximate surface area is 168 Å². The van der Waals surface area contributed by atoms with Crippen molar-refractivity contribution in [3.8, 4) is 5.75 Å². The zero-order valence-electron chi connectivity index (χ0n) is 16.0. The van der Waals surface area contributed by atoms with Gasteiger partial charge in [-0.25, -0.2) is 13.6 Å². The molecule has 0 aliphatic carbocycles. The van der Waals surface area contributed by atoms with Crippen LogP contribution in [0.4, 0.5) is 5.69 Å². The van der Waals surface area contributed by atoms with Gasteiger partial charge in [-0.1, -0.05) is 0 Å². The van der Waals surface area contributed by atoms with Crippen molar-refractivity contribution in [1.29, 1.82) is 0 Å². The highest BCUT2D eigenvalue weighted by Crippen LogP contribution is 2.38. The Balaban J connectivity index is 1.77. The van der Waals surface area contributed by atoms with Gasteiger partial charge in [0.25, 0.3) is 0 Å². The minimum atomic E-state index is -3.76. The molecule has 0 fully saturated rings. The zero-order chi connectivity index (χ0) is 20.8. The minimum absolute atomic E-state index is 0.0530. The van der Waals surface area contributed by atoms with Crippen LogP contribution in [-0.2, 0) is 17.1 Å². The van der Waals surface area contributed by atoms with Crippen LogP contribution in [0.3, 0.4) is 0 Å². The van der Waals surface area contributed by atoms with Crippen LogP contribution in [0.25, 0.3) is 0 Å². The third kappa shape index (κ3) is 3.74. The maximum absolute atomic E-state index is 11.6. The monoisotopic (exact) mass is 411 g/mol. The summed E-state index contributed by atoms with van der Waals surface area (Å²) >= 11 is 0. The van der Waals surface area contributed by atoms with E-state index in [2.05, 4.69) is 5.10 Å². The molecule has 3 N–H and O–H groups in total. The zero-order valence-corrected chi connectivity index (χ0v) is 16.8. The Morgan fingerprint density at radius 1 is 1.10 bits per heavy atom. The fourth-order valence-corrected chi connectivity index (χ4v) is 4.07. The van der Waals surface area contributed by atoms with Gasteiger partial charge in [-0.15, -0.1) is 0 Å². The molecule has 2 heterocycles. The van der Waals surface area contributed by atoms with Crippen LogP contribution in [0.5, 0.6) is 5.75 Å². The molecule has 8 nitrogen and oxygen atoms in total. The summed E-state index contributed by atoms with van der Waals surface area (Å²) < 4.78 is 24.9. The number of aromatic nitrogens is 2. The van der Waals surface area contributed by atoms with Gasteiger partial charge in [-0.2, -0.15) is 10.2 Å².